The van der Waals surface area contributed by atoms with E-state index in [1.165, 1.54) is 36.3 Å². The number of carbonyl (C=O) groups excluding carboxylic acids is 1. The Kier molecular flexibility index (Phi) is 5.91. The molecule has 0 saturated heterocycles. The van der Waals surface area contributed by atoms with Gasteiger partial charge in [-0.25, -0.2) is 9.78 Å². The molecule has 2 N–H and O–H groups in total. The van der Waals surface area contributed by atoms with Crippen molar-refractivity contribution in [3.05, 3.63) is 57.7 Å². The molecule has 0 saturated carbocycles. The van der Waals surface area contributed by atoms with Crippen LogP contribution >= 0.6 is 23.1 Å². The van der Waals surface area contributed by atoms with Crippen molar-refractivity contribution < 1.29 is 14.1 Å². The molecule has 0 atom stereocenters. The molecule has 160 valence electrons. The minimum Gasteiger partial charge on any atom is -0.495 e. The summed E-state index contributed by atoms with van der Waals surface area (Å²) >= 11 is 2.59. The lowest BCUT2D eigenvalue weighted by Crippen LogP contribution is -2.19. The van der Waals surface area contributed by atoms with Gasteiger partial charge in [0.1, 0.15) is 11.5 Å². The first kappa shape index (κ1) is 20.9. The first-order valence-electron chi connectivity index (χ1n) is 9.10. The van der Waals surface area contributed by atoms with Gasteiger partial charge in [-0.1, -0.05) is 29.2 Å². The van der Waals surface area contributed by atoms with Gasteiger partial charge in [0.25, 0.3) is 5.56 Å². The van der Waals surface area contributed by atoms with Gasteiger partial charge in [0.05, 0.1) is 18.5 Å². The average molecular weight is 459 g/mol. The molecule has 4 rings (SSSR count). The third-order valence-corrected chi connectivity index (χ3v) is 6.10. The van der Waals surface area contributed by atoms with Gasteiger partial charge in [0.15, 0.2) is 9.99 Å². The number of aromatic nitrogens is 4. The SMILES string of the molecule is COc1ccc(C)cc1NC(=O)Nc1nnc(SCc2cc(=O)n3oc(C)cc3n2)s1. The highest BCUT2D eigenvalue weighted by atomic mass is 32.2. The second-order valence-corrected chi connectivity index (χ2v) is 8.73. The Hall–Kier alpha value is -3.38. The van der Waals surface area contributed by atoms with E-state index in [0.29, 0.717) is 43.8 Å². The zero-order valence-electron chi connectivity index (χ0n) is 16.8. The summed E-state index contributed by atoms with van der Waals surface area (Å²) in [6, 6.07) is 8.16. The molecular weight excluding hydrogens is 440 g/mol. The van der Waals surface area contributed by atoms with Crippen molar-refractivity contribution in [1.29, 1.82) is 0 Å². The zero-order chi connectivity index (χ0) is 22.0. The van der Waals surface area contributed by atoms with E-state index < -0.39 is 6.03 Å². The maximum atomic E-state index is 12.3. The van der Waals surface area contributed by atoms with Gasteiger partial charge in [0, 0.05) is 17.9 Å². The van der Waals surface area contributed by atoms with Gasteiger partial charge < -0.3 is 14.6 Å². The average Bonchev–Trinajstić information content (AvgIpc) is 3.32. The highest BCUT2D eigenvalue weighted by Gasteiger charge is 2.13. The number of anilines is 2. The summed E-state index contributed by atoms with van der Waals surface area (Å²) in [5.74, 6) is 1.59. The summed E-state index contributed by atoms with van der Waals surface area (Å²) in [7, 11) is 1.54. The predicted molar refractivity (Wildman–Crippen MR) is 118 cm³/mol. The fraction of sp³-hybridized carbons (Fsp3) is 0.211. The lowest BCUT2D eigenvalue weighted by atomic mass is 10.2. The van der Waals surface area contributed by atoms with E-state index >= 15 is 0 Å². The maximum Gasteiger partial charge on any atom is 0.325 e. The van der Waals surface area contributed by atoms with E-state index in [4.69, 9.17) is 9.26 Å². The first-order chi connectivity index (χ1) is 14.9. The smallest absolute Gasteiger partial charge is 0.325 e. The van der Waals surface area contributed by atoms with Crippen LogP contribution in [0.2, 0.25) is 0 Å². The normalized spacial score (nSPS) is 10.9. The topological polar surface area (TPSA) is 124 Å². The Morgan fingerprint density at radius 3 is 2.87 bits per heavy atom. The van der Waals surface area contributed by atoms with Crippen LogP contribution in [0.3, 0.4) is 0 Å². The molecule has 0 bridgehead atoms. The number of hydrogen-bond acceptors (Lipinski definition) is 9. The Morgan fingerprint density at radius 1 is 1.23 bits per heavy atom. The quantitative estimate of drug-likeness (QED) is 0.331. The molecule has 3 aromatic heterocycles. The van der Waals surface area contributed by atoms with E-state index in [0.717, 1.165) is 10.1 Å². The third kappa shape index (κ3) is 4.86. The number of fused-ring (bicyclic) bond motifs is 1. The second kappa shape index (κ2) is 8.78. The van der Waals surface area contributed by atoms with Crippen LogP contribution in [0.1, 0.15) is 17.0 Å². The number of methoxy groups -OCH3 is 1. The molecule has 4 aromatic rings. The summed E-state index contributed by atoms with van der Waals surface area (Å²) in [5, 5.41) is 13.8. The van der Waals surface area contributed by atoms with Crippen LogP contribution in [0, 0.1) is 13.8 Å². The maximum absolute atomic E-state index is 12.3. The molecule has 0 radical (unpaired) electrons. The Bertz CT molecular complexity index is 1310. The third-order valence-electron chi connectivity index (χ3n) is 4.10. The van der Waals surface area contributed by atoms with E-state index in [1.807, 2.05) is 19.1 Å². The first-order valence-corrected chi connectivity index (χ1v) is 10.9. The van der Waals surface area contributed by atoms with Crippen molar-refractivity contribution in [2.24, 2.45) is 0 Å². The molecule has 10 nitrogen and oxygen atoms in total. The Labute approximate surface area is 184 Å². The number of nitrogens with one attached hydrogen (secondary N) is 2. The largest absolute Gasteiger partial charge is 0.495 e. The molecule has 0 aliphatic rings. The van der Waals surface area contributed by atoms with Gasteiger partial charge in [0.2, 0.25) is 5.13 Å². The number of ether oxygens (including phenoxy) is 1. The number of benzene rings is 1. The summed E-state index contributed by atoms with van der Waals surface area (Å²) in [5.41, 5.74) is 2.33. The molecule has 31 heavy (non-hydrogen) atoms. The van der Waals surface area contributed by atoms with Gasteiger partial charge in [-0.05, 0) is 31.5 Å². The van der Waals surface area contributed by atoms with Crippen molar-refractivity contribution in [1.82, 2.24) is 19.8 Å². The van der Waals surface area contributed by atoms with Crippen LogP contribution in [-0.2, 0) is 5.75 Å². The summed E-state index contributed by atoms with van der Waals surface area (Å²) in [4.78, 5) is 28.8. The molecule has 2 amide bonds. The van der Waals surface area contributed by atoms with Crippen LogP contribution in [0.25, 0.3) is 5.65 Å². The van der Waals surface area contributed by atoms with Crippen molar-refractivity contribution in [3.8, 4) is 5.75 Å². The lowest BCUT2D eigenvalue weighted by molar-refractivity contribution is 0.262. The summed E-state index contributed by atoms with van der Waals surface area (Å²) in [6.07, 6.45) is 0. The number of hydrogen-bond donors (Lipinski definition) is 2. The lowest BCUT2D eigenvalue weighted by Gasteiger charge is -2.10. The van der Waals surface area contributed by atoms with Crippen LogP contribution in [0.5, 0.6) is 5.75 Å². The number of carbonyl (C=O) groups is 1. The fourth-order valence-electron chi connectivity index (χ4n) is 2.77. The van der Waals surface area contributed by atoms with Crippen molar-refractivity contribution >= 4 is 45.6 Å². The van der Waals surface area contributed by atoms with Crippen molar-refractivity contribution in [2.45, 2.75) is 23.9 Å². The van der Waals surface area contributed by atoms with Crippen LogP contribution < -0.4 is 20.9 Å². The van der Waals surface area contributed by atoms with Crippen LogP contribution in [0.15, 0.2) is 44.0 Å². The molecule has 0 unspecified atom stereocenters. The minimum atomic E-state index is -0.452. The molecule has 12 heteroatoms. The zero-order valence-corrected chi connectivity index (χ0v) is 18.5. The molecular formula is C19H18N6O4S2. The van der Waals surface area contributed by atoms with Crippen molar-refractivity contribution in [2.75, 3.05) is 17.7 Å². The van der Waals surface area contributed by atoms with E-state index in [-0.39, 0.29) is 5.56 Å². The molecule has 0 aliphatic carbocycles. The molecule has 1 aromatic carbocycles. The van der Waals surface area contributed by atoms with E-state index in [2.05, 4.69) is 25.8 Å². The van der Waals surface area contributed by atoms with Gasteiger partial charge >= 0.3 is 6.03 Å². The van der Waals surface area contributed by atoms with Crippen LogP contribution in [0.4, 0.5) is 15.6 Å². The van der Waals surface area contributed by atoms with E-state index in [9.17, 15) is 9.59 Å². The number of nitrogens with zero attached hydrogens (tertiary/aromatic N) is 4. The standard InChI is InChI=1S/C19H18N6O4S2/c1-10-4-5-14(28-3)13(6-10)21-17(27)22-18-23-24-19(31-18)30-9-12-8-16(26)25-15(20-12)7-11(2)29-25/h4-8H,9H2,1-3H3,(H2,21,22,23,27). The van der Waals surface area contributed by atoms with Gasteiger partial charge in [-0.15, -0.1) is 14.8 Å². The van der Waals surface area contributed by atoms with Gasteiger partial charge in [-0.2, -0.15) is 0 Å². The number of aryl methyl sites for hydroxylation is 2. The second-order valence-electron chi connectivity index (χ2n) is 6.53. The van der Waals surface area contributed by atoms with E-state index in [1.54, 1.807) is 19.1 Å². The number of thioether (sulfide) groups is 1. The number of rotatable bonds is 6. The summed E-state index contributed by atoms with van der Waals surface area (Å²) in [6.45, 7) is 3.68. The molecule has 0 spiro atoms. The molecule has 0 aliphatic heterocycles. The predicted octanol–water partition coefficient (Wildman–Crippen LogP) is 3.70. The monoisotopic (exact) mass is 458 g/mol. The Balaban J connectivity index is 1.38. The Morgan fingerprint density at radius 2 is 2.06 bits per heavy atom. The highest BCUT2D eigenvalue weighted by Crippen LogP contribution is 2.29. The van der Waals surface area contributed by atoms with Crippen molar-refractivity contribution in [3.63, 3.8) is 0 Å². The molecule has 0 fully saturated rings. The minimum absolute atomic E-state index is 0.281. The molecule has 3 heterocycles. The number of amides is 2. The highest BCUT2D eigenvalue weighted by molar-refractivity contribution is 8.00. The van der Waals surface area contributed by atoms with Crippen LogP contribution in [-0.4, -0.2) is 32.9 Å². The summed E-state index contributed by atoms with van der Waals surface area (Å²) < 4.78 is 12.3. The fourth-order valence-corrected chi connectivity index (χ4v) is 4.41. The van der Waals surface area contributed by atoms with Gasteiger partial charge in [-0.3, -0.25) is 10.1 Å². The number of urea groups is 1.